The van der Waals surface area contributed by atoms with Crippen molar-refractivity contribution in [1.29, 1.82) is 0 Å². The van der Waals surface area contributed by atoms with Crippen LogP contribution in [0.25, 0.3) is 10.8 Å². The third kappa shape index (κ3) is 4.59. The second kappa shape index (κ2) is 8.99. The van der Waals surface area contributed by atoms with Crippen LogP contribution in [0, 0.1) is 29.3 Å². The number of unbranched alkanes of at least 4 members (excludes halogenated alkanes) is 1. The molecule has 0 bridgehead atoms. The Kier molecular flexibility index (Phi) is 6.67. The molecule has 0 saturated heterocycles. The second-order valence-electron chi connectivity index (χ2n) is 8.01. The van der Waals surface area contributed by atoms with Crippen LogP contribution >= 0.6 is 0 Å². The van der Waals surface area contributed by atoms with Crippen molar-refractivity contribution in [3.63, 3.8) is 0 Å². The quantitative estimate of drug-likeness (QED) is 0.463. The molecule has 0 amide bonds. The monoisotopic (exact) mass is 378 g/mol. The summed E-state index contributed by atoms with van der Waals surface area (Å²) in [6.45, 7) is 4.63. The van der Waals surface area contributed by atoms with Crippen LogP contribution in [-0.2, 0) is 6.42 Å². The number of fused-ring (bicyclic) bond motifs is 1. The van der Waals surface area contributed by atoms with Gasteiger partial charge in [-0.05, 0) is 54.2 Å². The van der Waals surface area contributed by atoms with E-state index in [2.05, 4.69) is 6.92 Å². The molecule has 0 aliphatic heterocycles. The molecule has 148 valence electrons. The number of hydrogen-bond donors (Lipinski definition) is 0. The molecule has 1 aliphatic carbocycles. The lowest BCUT2D eigenvalue weighted by Gasteiger charge is -2.26. The first kappa shape index (κ1) is 20.0. The van der Waals surface area contributed by atoms with Gasteiger partial charge in [0, 0.05) is 0 Å². The number of hydrogen-bond acceptors (Lipinski definition) is 1. The maximum atomic E-state index is 14.7. The summed E-state index contributed by atoms with van der Waals surface area (Å²) in [4.78, 5) is 0. The average Bonchev–Trinajstić information content (AvgIpc) is 2.66. The Morgan fingerprint density at radius 1 is 1.00 bits per heavy atom. The van der Waals surface area contributed by atoms with Crippen molar-refractivity contribution in [1.82, 2.24) is 0 Å². The first-order valence-electron chi connectivity index (χ1n) is 10.2. The molecule has 2 aromatic rings. The van der Waals surface area contributed by atoms with Gasteiger partial charge in [-0.15, -0.1) is 0 Å². The molecule has 0 N–H and O–H groups in total. The molecule has 27 heavy (non-hydrogen) atoms. The summed E-state index contributed by atoms with van der Waals surface area (Å²) in [7, 11) is 0. The molecule has 0 heterocycles. The van der Waals surface area contributed by atoms with E-state index in [0.717, 1.165) is 38.0 Å². The number of halogens is 3. The zero-order chi connectivity index (χ0) is 19.4. The van der Waals surface area contributed by atoms with Crippen molar-refractivity contribution < 1.29 is 17.9 Å². The molecule has 1 saturated carbocycles. The fourth-order valence-corrected chi connectivity index (χ4v) is 4.01. The zero-order valence-electron chi connectivity index (χ0n) is 16.3. The van der Waals surface area contributed by atoms with Crippen LogP contribution in [0.5, 0.6) is 5.75 Å². The summed E-state index contributed by atoms with van der Waals surface area (Å²) >= 11 is 0. The molecule has 0 spiro atoms. The zero-order valence-corrected chi connectivity index (χ0v) is 16.3. The maximum Gasteiger partial charge on any atom is 0.175 e. The van der Waals surface area contributed by atoms with Gasteiger partial charge >= 0.3 is 0 Å². The molecule has 0 unspecified atom stereocenters. The Morgan fingerprint density at radius 3 is 2.44 bits per heavy atom. The molecule has 1 fully saturated rings. The normalized spacial score (nSPS) is 20.2. The first-order chi connectivity index (χ1) is 13.0. The Balaban J connectivity index is 1.79. The molecule has 0 aromatic heterocycles. The van der Waals surface area contributed by atoms with Crippen molar-refractivity contribution >= 4 is 10.8 Å². The van der Waals surface area contributed by atoms with Crippen LogP contribution in [0.4, 0.5) is 13.2 Å². The minimum Gasteiger partial charge on any atom is -0.490 e. The predicted molar refractivity (Wildman–Crippen MR) is 104 cm³/mol. The van der Waals surface area contributed by atoms with Crippen LogP contribution in [0.2, 0.25) is 0 Å². The van der Waals surface area contributed by atoms with Crippen molar-refractivity contribution in [3.8, 4) is 5.75 Å². The Morgan fingerprint density at radius 2 is 1.74 bits per heavy atom. The molecule has 1 aliphatic rings. The van der Waals surface area contributed by atoms with E-state index in [9.17, 15) is 13.2 Å². The van der Waals surface area contributed by atoms with Gasteiger partial charge in [0.15, 0.2) is 23.2 Å². The summed E-state index contributed by atoms with van der Waals surface area (Å²) in [5, 5.41) is 0.0817. The van der Waals surface area contributed by atoms with Crippen molar-refractivity contribution in [2.75, 3.05) is 6.61 Å². The Labute approximate surface area is 159 Å². The van der Waals surface area contributed by atoms with E-state index in [4.69, 9.17) is 4.74 Å². The highest BCUT2D eigenvalue weighted by Crippen LogP contribution is 2.34. The topological polar surface area (TPSA) is 9.23 Å². The Bertz CT molecular complexity index is 779. The lowest BCUT2D eigenvalue weighted by Crippen LogP contribution is -2.13. The SMILES string of the molecule is CCCCOc1ccc2cc(CCC3CCC(C)CC3)c(F)c(F)c2c1F. The van der Waals surface area contributed by atoms with Crippen LogP contribution in [-0.4, -0.2) is 6.61 Å². The molecule has 0 atom stereocenters. The van der Waals surface area contributed by atoms with E-state index >= 15 is 0 Å². The van der Waals surface area contributed by atoms with Gasteiger partial charge in [0.1, 0.15) is 0 Å². The van der Waals surface area contributed by atoms with E-state index in [-0.39, 0.29) is 11.1 Å². The van der Waals surface area contributed by atoms with E-state index in [1.54, 1.807) is 12.1 Å². The van der Waals surface area contributed by atoms with Gasteiger partial charge in [0.2, 0.25) is 0 Å². The smallest absolute Gasteiger partial charge is 0.175 e. The summed E-state index contributed by atoms with van der Waals surface area (Å²) < 4.78 is 49.3. The van der Waals surface area contributed by atoms with Crippen molar-refractivity contribution in [3.05, 3.63) is 41.2 Å². The number of ether oxygens (including phenoxy) is 1. The van der Waals surface area contributed by atoms with E-state index in [1.165, 1.54) is 18.9 Å². The fraction of sp³-hybridized carbons (Fsp3) is 0.565. The molecule has 1 nitrogen and oxygen atoms in total. The largest absolute Gasteiger partial charge is 0.490 e. The fourth-order valence-electron chi connectivity index (χ4n) is 4.01. The minimum atomic E-state index is -1.10. The van der Waals surface area contributed by atoms with Crippen molar-refractivity contribution in [2.24, 2.45) is 11.8 Å². The standard InChI is InChI=1S/C23H29F3O/c1-3-4-13-27-19-12-11-17-14-18(21(24)23(26)20(17)22(19)25)10-9-16-7-5-15(2)6-8-16/h11-12,14-16H,3-10,13H2,1-2H3. The third-order valence-corrected chi connectivity index (χ3v) is 5.88. The molecule has 3 rings (SSSR count). The van der Waals surface area contributed by atoms with E-state index in [0.29, 0.717) is 29.9 Å². The van der Waals surface area contributed by atoms with Crippen molar-refractivity contribution in [2.45, 2.75) is 65.2 Å². The number of rotatable bonds is 7. The number of benzene rings is 2. The number of aryl methyl sites for hydroxylation is 1. The van der Waals surface area contributed by atoms with Gasteiger partial charge in [-0.2, -0.15) is 0 Å². The van der Waals surface area contributed by atoms with Gasteiger partial charge in [-0.25, -0.2) is 13.2 Å². The maximum absolute atomic E-state index is 14.7. The van der Waals surface area contributed by atoms with E-state index in [1.807, 2.05) is 6.92 Å². The van der Waals surface area contributed by atoms with Crippen LogP contribution in [0.3, 0.4) is 0 Å². The summed E-state index contributed by atoms with van der Waals surface area (Å²) in [6, 6.07) is 4.73. The van der Waals surface area contributed by atoms with Crippen LogP contribution in [0.15, 0.2) is 18.2 Å². The molecule has 0 radical (unpaired) electrons. The van der Waals surface area contributed by atoms with Gasteiger partial charge in [-0.1, -0.05) is 52.0 Å². The molecule has 2 aromatic carbocycles. The second-order valence-corrected chi connectivity index (χ2v) is 8.01. The Hall–Kier alpha value is -1.71. The lowest BCUT2D eigenvalue weighted by molar-refractivity contribution is 0.277. The highest BCUT2D eigenvalue weighted by atomic mass is 19.2. The molecular formula is C23H29F3O. The van der Waals surface area contributed by atoms with Gasteiger partial charge in [-0.3, -0.25) is 0 Å². The summed E-state index contributed by atoms with van der Waals surface area (Å²) in [6.07, 6.45) is 7.80. The average molecular weight is 378 g/mol. The van der Waals surface area contributed by atoms with Crippen LogP contribution in [0.1, 0.15) is 64.4 Å². The predicted octanol–water partition coefficient (Wildman–Crippen LogP) is 7.19. The highest BCUT2D eigenvalue weighted by Gasteiger charge is 2.22. The third-order valence-electron chi connectivity index (χ3n) is 5.88. The minimum absolute atomic E-state index is 0.0154. The molecule has 4 heteroatoms. The van der Waals surface area contributed by atoms with Gasteiger partial charge in [0.25, 0.3) is 0 Å². The first-order valence-corrected chi connectivity index (χ1v) is 10.2. The van der Waals surface area contributed by atoms with E-state index < -0.39 is 17.5 Å². The van der Waals surface area contributed by atoms with Crippen LogP contribution < -0.4 is 4.74 Å². The summed E-state index contributed by atoms with van der Waals surface area (Å²) in [5.41, 5.74) is 0.345. The highest BCUT2D eigenvalue weighted by molar-refractivity contribution is 5.86. The molecular weight excluding hydrogens is 349 g/mol. The summed E-state index contributed by atoms with van der Waals surface area (Å²) in [5.74, 6) is -1.50. The lowest BCUT2D eigenvalue weighted by atomic mass is 9.80. The van der Waals surface area contributed by atoms with Gasteiger partial charge < -0.3 is 4.74 Å². The van der Waals surface area contributed by atoms with Gasteiger partial charge in [0.05, 0.1) is 12.0 Å².